The van der Waals surface area contributed by atoms with E-state index in [2.05, 4.69) is 133 Å². The SMILES string of the molecule is C(=C/c1c2cccc1ccc1cccc(cc2)c1/C=C/c1ccccc1)/c1ccccc1. The molecule has 0 aliphatic heterocycles. The van der Waals surface area contributed by atoms with Crippen molar-refractivity contribution in [1.82, 2.24) is 0 Å². The topological polar surface area (TPSA) is 0 Å². The minimum atomic E-state index is 1.20. The van der Waals surface area contributed by atoms with Crippen LogP contribution in [0.1, 0.15) is 22.3 Å². The van der Waals surface area contributed by atoms with Gasteiger partial charge in [-0.2, -0.15) is 0 Å². The van der Waals surface area contributed by atoms with Crippen LogP contribution < -0.4 is 0 Å². The van der Waals surface area contributed by atoms with Gasteiger partial charge in [0, 0.05) is 0 Å². The highest BCUT2D eigenvalue weighted by Crippen LogP contribution is 2.25. The molecule has 4 bridgehead atoms. The van der Waals surface area contributed by atoms with Gasteiger partial charge >= 0.3 is 0 Å². The molecule has 0 heteroatoms. The molecule has 0 spiro atoms. The zero-order chi connectivity index (χ0) is 21.6. The quantitative estimate of drug-likeness (QED) is 0.260. The van der Waals surface area contributed by atoms with Crippen molar-refractivity contribution >= 4 is 45.8 Å². The first-order chi connectivity index (χ1) is 15.9. The molecule has 0 saturated heterocycles. The second kappa shape index (κ2) is 9.32. The minimum Gasteiger partial charge on any atom is -0.0622 e. The van der Waals surface area contributed by atoms with Crippen molar-refractivity contribution in [2.45, 2.75) is 0 Å². The highest BCUT2D eigenvalue weighted by molar-refractivity contribution is 5.94. The molecule has 0 fully saturated rings. The summed E-state index contributed by atoms with van der Waals surface area (Å²) in [5, 5.41) is 4.85. The molecule has 0 atom stereocenters. The highest BCUT2D eigenvalue weighted by atomic mass is 14.0. The fraction of sp³-hybridized carbons (Fsp3) is 0. The molecule has 0 nitrogen and oxygen atoms in total. The summed E-state index contributed by atoms with van der Waals surface area (Å²) in [5.74, 6) is 0. The maximum atomic E-state index is 2.23. The summed E-state index contributed by atoms with van der Waals surface area (Å²) in [6, 6.07) is 42.8. The number of hydrogen-bond acceptors (Lipinski definition) is 0. The molecule has 0 aliphatic carbocycles. The van der Waals surface area contributed by atoms with E-state index < -0.39 is 0 Å². The van der Waals surface area contributed by atoms with Gasteiger partial charge in [-0.15, -0.1) is 0 Å². The summed E-state index contributed by atoms with van der Waals surface area (Å²) in [7, 11) is 0. The zero-order valence-corrected chi connectivity index (χ0v) is 17.9. The van der Waals surface area contributed by atoms with Crippen LogP contribution in [0.4, 0.5) is 0 Å². The predicted molar refractivity (Wildman–Crippen MR) is 141 cm³/mol. The Morgan fingerprint density at radius 1 is 0.281 bits per heavy atom. The molecule has 0 N–H and O–H groups in total. The Bertz CT molecular complexity index is 1270. The molecule has 0 saturated carbocycles. The molecule has 0 unspecified atom stereocenters. The lowest BCUT2D eigenvalue weighted by Gasteiger charge is -2.05. The van der Waals surface area contributed by atoms with Crippen molar-refractivity contribution in [2.75, 3.05) is 0 Å². The van der Waals surface area contributed by atoms with E-state index in [1.165, 1.54) is 43.8 Å². The standard InChI is InChI=1S/C32H24/c1-3-9-25(10-4-1)17-23-31-27-13-7-14-28(31)20-22-30-16-8-15-29(21-19-27)32(30)24-18-26-11-5-2-6-12-26/h1-24H/b21-19?,22-20?,23-17-,24-18+. The highest BCUT2D eigenvalue weighted by Gasteiger charge is 2.00. The van der Waals surface area contributed by atoms with E-state index >= 15 is 0 Å². The van der Waals surface area contributed by atoms with Crippen molar-refractivity contribution in [1.29, 1.82) is 0 Å². The third kappa shape index (κ3) is 4.45. The summed E-state index contributed by atoms with van der Waals surface area (Å²) in [6.07, 6.45) is 8.81. The van der Waals surface area contributed by atoms with Crippen LogP contribution in [0.3, 0.4) is 0 Å². The van der Waals surface area contributed by atoms with Gasteiger partial charge in [0.1, 0.15) is 0 Å². The Morgan fingerprint density at radius 2 is 0.625 bits per heavy atom. The molecule has 0 amide bonds. The summed E-state index contributed by atoms with van der Waals surface area (Å²) >= 11 is 0. The summed E-state index contributed by atoms with van der Waals surface area (Å²) in [6.45, 7) is 0. The first kappa shape index (κ1) is 19.8. The van der Waals surface area contributed by atoms with E-state index in [1.807, 2.05) is 12.1 Å². The molecule has 0 aliphatic rings. The van der Waals surface area contributed by atoms with Crippen LogP contribution in [0.15, 0.2) is 121 Å². The molecule has 152 valence electrons. The van der Waals surface area contributed by atoms with E-state index in [0.29, 0.717) is 0 Å². The molecule has 5 rings (SSSR count). The largest absolute Gasteiger partial charge is 0.0622 e. The third-order valence-electron chi connectivity index (χ3n) is 5.72. The normalized spacial score (nSPS) is 11.5. The van der Waals surface area contributed by atoms with E-state index in [1.54, 1.807) is 0 Å². The van der Waals surface area contributed by atoms with Crippen LogP contribution in [0, 0.1) is 0 Å². The molecular formula is C32H24. The van der Waals surface area contributed by atoms with Gasteiger partial charge in [-0.3, -0.25) is 0 Å². The number of hydrogen-bond donors (Lipinski definition) is 0. The Balaban J connectivity index is 1.67. The minimum absolute atomic E-state index is 1.20. The average Bonchev–Trinajstić information content (AvgIpc) is 2.85. The second-order valence-electron chi connectivity index (χ2n) is 7.85. The van der Waals surface area contributed by atoms with Crippen molar-refractivity contribution < 1.29 is 0 Å². The smallest absolute Gasteiger partial charge is 0.0111 e. The lowest BCUT2D eigenvalue weighted by atomic mass is 10.00. The summed E-state index contributed by atoms with van der Waals surface area (Å²) in [4.78, 5) is 0. The number of fused-ring (bicyclic) bond motifs is 4. The maximum Gasteiger partial charge on any atom is -0.0111 e. The van der Waals surface area contributed by atoms with Crippen molar-refractivity contribution in [3.63, 3.8) is 0 Å². The summed E-state index contributed by atoms with van der Waals surface area (Å²) in [5.41, 5.74) is 4.87. The van der Waals surface area contributed by atoms with Crippen molar-refractivity contribution in [2.24, 2.45) is 0 Å². The van der Waals surface area contributed by atoms with E-state index in [-0.39, 0.29) is 0 Å². The van der Waals surface area contributed by atoms with Gasteiger partial charge in [0.25, 0.3) is 0 Å². The van der Waals surface area contributed by atoms with Gasteiger partial charge < -0.3 is 0 Å². The lowest BCUT2D eigenvalue weighted by Crippen LogP contribution is -1.81. The van der Waals surface area contributed by atoms with Crippen LogP contribution in [-0.2, 0) is 0 Å². The molecular weight excluding hydrogens is 384 g/mol. The number of benzene rings is 4. The summed E-state index contributed by atoms with van der Waals surface area (Å²) < 4.78 is 0. The Hall–Kier alpha value is -4.16. The molecule has 32 heavy (non-hydrogen) atoms. The van der Waals surface area contributed by atoms with E-state index in [0.717, 1.165) is 0 Å². The number of rotatable bonds is 4. The zero-order valence-electron chi connectivity index (χ0n) is 17.9. The molecule has 0 radical (unpaired) electrons. The van der Waals surface area contributed by atoms with Crippen LogP contribution in [0.2, 0.25) is 0 Å². The first-order valence-corrected chi connectivity index (χ1v) is 11.0. The van der Waals surface area contributed by atoms with Crippen LogP contribution in [0.25, 0.3) is 45.8 Å². The molecule has 0 aromatic heterocycles. The van der Waals surface area contributed by atoms with Crippen LogP contribution in [0.5, 0.6) is 0 Å². The monoisotopic (exact) mass is 408 g/mol. The van der Waals surface area contributed by atoms with Gasteiger partial charge in [0.2, 0.25) is 0 Å². The third-order valence-corrected chi connectivity index (χ3v) is 5.72. The van der Waals surface area contributed by atoms with Gasteiger partial charge in [0.05, 0.1) is 0 Å². The molecule has 5 aromatic rings. The van der Waals surface area contributed by atoms with Crippen LogP contribution >= 0.6 is 0 Å². The van der Waals surface area contributed by atoms with Gasteiger partial charge in [0.15, 0.2) is 0 Å². The predicted octanol–water partition coefficient (Wildman–Crippen LogP) is 8.90. The van der Waals surface area contributed by atoms with Gasteiger partial charge in [-0.1, -0.05) is 146 Å². The Labute approximate surface area is 189 Å². The van der Waals surface area contributed by atoms with Gasteiger partial charge in [-0.05, 0) is 43.8 Å². The van der Waals surface area contributed by atoms with Crippen molar-refractivity contribution in [3.8, 4) is 0 Å². The first-order valence-electron chi connectivity index (χ1n) is 11.0. The van der Waals surface area contributed by atoms with E-state index in [9.17, 15) is 0 Å². The lowest BCUT2D eigenvalue weighted by molar-refractivity contribution is 1.66. The van der Waals surface area contributed by atoms with E-state index in [4.69, 9.17) is 0 Å². The molecule has 0 heterocycles. The average molecular weight is 409 g/mol. The second-order valence-corrected chi connectivity index (χ2v) is 7.85. The maximum absolute atomic E-state index is 2.23. The van der Waals surface area contributed by atoms with Gasteiger partial charge in [-0.25, -0.2) is 0 Å². The van der Waals surface area contributed by atoms with Crippen LogP contribution in [-0.4, -0.2) is 0 Å². The van der Waals surface area contributed by atoms with Crippen molar-refractivity contribution in [3.05, 3.63) is 144 Å². The fourth-order valence-electron chi connectivity index (χ4n) is 4.02. The fourth-order valence-corrected chi connectivity index (χ4v) is 4.02. The Kier molecular flexibility index (Phi) is 5.76. The molecule has 5 aromatic carbocycles. The Morgan fingerprint density at radius 3 is 0.969 bits per heavy atom.